The van der Waals surface area contributed by atoms with Gasteiger partial charge in [-0.3, -0.25) is 0 Å². The minimum atomic E-state index is -0.274. The van der Waals surface area contributed by atoms with E-state index in [-0.39, 0.29) is 12.2 Å². The molecule has 4 aliphatic carbocycles. The fraction of sp³-hybridized carbons (Fsp3) is 0.897. The Morgan fingerprint density at radius 3 is 2.44 bits per heavy atom. The van der Waals surface area contributed by atoms with Gasteiger partial charge in [-0.05, 0) is 97.2 Å². The van der Waals surface area contributed by atoms with E-state index in [2.05, 4.69) is 52.1 Å². The first-order valence-corrected chi connectivity index (χ1v) is 13.8. The van der Waals surface area contributed by atoms with Gasteiger partial charge in [-0.15, -0.1) is 0 Å². The number of hydrogen-bond donors (Lipinski definition) is 1. The Morgan fingerprint density at radius 1 is 1.00 bits per heavy atom. The second-order valence-electron chi connectivity index (χ2n) is 12.9. The number of nitrogens with one attached hydrogen (secondary N) is 1. The van der Waals surface area contributed by atoms with E-state index in [0.29, 0.717) is 16.7 Å². The van der Waals surface area contributed by atoms with Gasteiger partial charge in [0, 0.05) is 7.05 Å². The van der Waals surface area contributed by atoms with Crippen molar-refractivity contribution < 1.29 is 9.53 Å². The SMILES string of the molecule is CNC(=O)O[C@H]1CC[C@@]2(C)C(C=CC3C4CCC(C(C)CCCC(C)C)[C@@]4(C)CCC32)C1. The number of rotatable bonds is 6. The summed E-state index contributed by atoms with van der Waals surface area (Å²) in [6.07, 6.45) is 18.1. The lowest BCUT2D eigenvalue weighted by atomic mass is 9.46. The third kappa shape index (κ3) is 4.27. The summed E-state index contributed by atoms with van der Waals surface area (Å²) >= 11 is 0. The van der Waals surface area contributed by atoms with E-state index < -0.39 is 0 Å². The number of hydrogen-bond acceptors (Lipinski definition) is 2. The van der Waals surface area contributed by atoms with E-state index in [4.69, 9.17) is 4.74 Å². The molecule has 32 heavy (non-hydrogen) atoms. The minimum Gasteiger partial charge on any atom is -0.446 e. The second kappa shape index (κ2) is 9.34. The molecule has 0 spiro atoms. The van der Waals surface area contributed by atoms with Crippen molar-refractivity contribution in [2.24, 2.45) is 52.3 Å². The molecule has 1 N–H and O–H groups in total. The maximum absolute atomic E-state index is 11.7. The van der Waals surface area contributed by atoms with Crippen LogP contribution in [0.5, 0.6) is 0 Å². The molecule has 1 amide bonds. The number of carbonyl (C=O) groups is 1. The Balaban J connectivity index is 1.45. The average Bonchev–Trinajstić information content (AvgIpc) is 3.11. The average molecular weight is 444 g/mol. The molecule has 0 bridgehead atoms. The lowest BCUT2D eigenvalue weighted by molar-refractivity contribution is -0.0825. The summed E-state index contributed by atoms with van der Waals surface area (Å²) in [4.78, 5) is 11.7. The largest absolute Gasteiger partial charge is 0.446 e. The van der Waals surface area contributed by atoms with Crippen molar-refractivity contribution in [3.63, 3.8) is 0 Å². The van der Waals surface area contributed by atoms with Crippen molar-refractivity contribution >= 4 is 6.09 Å². The molecule has 3 saturated carbocycles. The van der Waals surface area contributed by atoms with Crippen LogP contribution in [-0.2, 0) is 4.74 Å². The highest BCUT2D eigenvalue weighted by Crippen LogP contribution is 2.67. The summed E-state index contributed by atoms with van der Waals surface area (Å²) in [6, 6.07) is 0. The third-order valence-electron chi connectivity index (χ3n) is 10.8. The lowest BCUT2D eigenvalue weighted by Crippen LogP contribution is -2.52. The number of ether oxygens (including phenoxy) is 1. The number of alkyl carbamates (subject to hydrolysis) is 1. The van der Waals surface area contributed by atoms with Crippen LogP contribution in [0.25, 0.3) is 0 Å². The van der Waals surface area contributed by atoms with Gasteiger partial charge in [0.2, 0.25) is 0 Å². The first-order chi connectivity index (χ1) is 15.2. The maximum atomic E-state index is 11.7. The first-order valence-electron chi connectivity index (χ1n) is 13.8. The summed E-state index contributed by atoms with van der Waals surface area (Å²) in [5, 5.41) is 2.62. The van der Waals surface area contributed by atoms with Gasteiger partial charge in [-0.25, -0.2) is 4.79 Å². The summed E-state index contributed by atoms with van der Waals surface area (Å²) in [5.74, 6) is 5.62. The minimum absolute atomic E-state index is 0.0747. The van der Waals surface area contributed by atoms with Gasteiger partial charge < -0.3 is 10.1 Å². The fourth-order valence-electron chi connectivity index (χ4n) is 8.92. The summed E-state index contributed by atoms with van der Waals surface area (Å²) in [7, 11) is 1.65. The third-order valence-corrected chi connectivity index (χ3v) is 10.8. The normalized spacial score (nSPS) is 43.8. The van der Waals surface area contributed by atoms with Crippen molar-refractivity contribution in [2.75, 3.05) is 7.05 Å². The van der Waals surface area contributed by atoms with Gasteiger partial charge in [0.25, 0.3) is 0 Å². The number of fused-ring (bicyclic) bond motifs is 5. The first kappa shape index (κ1) is 24.1. The Labute approximate surface area is 197 Å². The van der Waals surface area contributed by atoms with Gasteiger partial charge >= 0.3 is 6.09 Å². The van der Waals surface area contributed by atoms with Gasteiger partial charge in [-0.2, -0.15) is 0 Å². The van der Waals surface area contributed by atoms with Crippen molar-refractivity contribution in [3.8, 4) is 0 Å². The molecule has 0 saturated heterocycles. The quantitative estimate of drug-likeness (QED) is 0.429. The molecule has 0 aromatic heterocycles. The summed E-state index contributed by atoms with van der Waals surface area (Å²) in [6.45, 7) is 12.5. The number of allylic oxidation sites excluding steroid dienone is 2. The van der Waals surface area contributed by atoms with Crippen molar-refractivity contribution in [2.45, 2.75) is 105 Å². The molecule has 0 heterocycles. The van der Waals surface area contributed by atoms with Gasteiger partial charge in [0.05, 0.1) is 0 Å². The molecular formula is C29H49NO2. The number of carbonyl (C=O) groups excluding carboxylic acids is 1. The van der Waals surface area contributed by atoms with Crippen LogP contribution >= 0.6 is 0 Å². The fourth-order valence-corrected chi connectivity index (χ4v) is 8.92. The zero-order valence-electron chi connectivity index (χ0n) is 21.7. The molecule has 0 aromatic carbocycles. The Hall–Kier alpha value is -0.990. The molecule has 0 radical (unpaired) electrons. The zero-order chi connectivity index (χ0) is 23.1. The molecule has 3 heteroatoms. The summed E-state index contributed by atoms with van der Waals surface area (Å²) < 4.78 is 5.66. The zero-order valence-corrected chi connectivity index (χ0v) is 21.7. The van der Waals surface area contributed by atoms with E-state index in [9.17, 15) is 4.79 Å². The summed E-state index contributed by atoms with van der Waals surface area (Å²) in [5.41, 5.74) is 0.912. The van der Waals surface area contributed by atoms with Crippen LogP contribution in [0.15, 0.2) is 12.2 Å². The Bertz CT molecular complexity index is 701. The van der Waals surface area contributed by atoms with E-state index in [0.717, 1.165) is 48.3 Å². The predicted molar refractivity (Wildman–Crippen MR) is 132 cm³/mol. The van der Waals surface area contributed by atoms with Crippen molar-refractivity contribution in [3.05, 3.63) is 12.2 Å². The molecule has 182 valence electrons. The van der Waals surface area contributed by atoms with E-state index in [1.54, 1.807) is 7.05 Å². The van der Waals surface area contributed by atoms with Crippen LogP contribution in [0.4, 0.5) is 4.79 Å². The predicted octanol–water partition coefficient (Wildman–Crippen LogP) is 7.61. The standard InChI is InChI=1S/C29H49NO2/c1-19(2)8-7-9-20(3)24-12-13-25-23-11-10-21-18-22(32-27(31)30-6)14-16-28(21,4)26(23)15-17-29(24,25)5/h10-11,19-26H,7-9,12-18H2,1-6H3,(H,30,31)/t20?,21?,22-,23?,24?,25?,26?,28-,29+/m0/s1. The van der Waals surface area contributed by atoms with Crippen LogP contribution in [-0.4, -0.2) is 19.2 Å². The monoisotopic (exact) mass is 443 g/mol. The Morgan fingerprint density at radius 2 is 1.72 bits per heavy atom. The van der Waals surface area contributed by atoms with Crippen molar-refractivity contribution in [1.29, 1.82) is 0 Å². The Kier molecular flexibility index (Phi) is 7.04. The van der Waals surface area contributed by atoms with Crippen LogP contribution < -0.4 is 5.32 Å². The molecule has 3 fully saturated rings. The molecule has 4 rings (SSSR count). The van der Waals surface area contributed by atoms with Crippen LogP contribution in [0.2, 0.25) is 0 Å². The topological polar surface area (TPSA) is 38.3 Å². The molecule has 4 aliphatic rings. The van der Waals surface area contributed by atoms with Gasteiger partial charge in [-0.1, -0.05) is 66.0 Å². The molecule has 6 unspecified atom stereocenters. The highest BCUT2D eigenvalue weighted by atomic mass is 16.6. The molecule has 0 aromatic rings. The molecular weight excluding hydrogens is 394 g/mol. The molecule has 0 aliphatic heterocycles. The maximum Gasteiger partial charge on any atom is 0.407 e. The highest BCUT2D eigenvalue weighted by Gasteiger charge is 2.59. The second-order valence-corrected chi connectivity index (χ2v) is 12.9. The van der Waals surface area contributed by atoms with Gasteiger partial charge in [0.1, 0.15) is 6.10 Å². The van der Waals surface area contributed by atoms with Crippen LogP contribution in [0, 0.1) is 52.3 Å². The van der Waals surface area contributed by atoms with E-state index in [1.165, 1.54) is 51.4 Å². The molecule has 3 nitrogen and oxygen atoms in total. The van der Waals surface area contributed by atoms with E-state index in [1.807, 2.05) is 0 Å². The van der Waals surface area contributed by atoms with Crippen molar-refractivity contribution in [1.82, 2.24) is 5.32 Å². The van der Waals surface area contributed by atoms with Crippen LogP contribution in [0.3, 0.4) is 0 Å². The van der Waals surface area contributed by atoms with Gasteiger partial charge in [0.15, 0.2) is 0 Å². The van der Waals surface area contributed by atoms with E-state index >= 15 is 0 Å². The smallest absolute Gasteiger partial charge is 0.407 e. The lowest BCUT2D eigenvalue weighted by Gasteiger charge is -2.59. The van der Waals surface area contributed by atoms with Crippen LogP contribution in [0.1, 0.15) is 98.8 Å². The number of amides is 1. The molecule has 9 atom stereocenters. The highest BCUT2D eigenvalue weighted by molar-refractivity contribution is 5.66.